The van der Waals surface area contributed by atoms with Crippen LogP contribution in [0.15, 0.2) is 66.0 Å². The van der Waals surface area contributed by atoms with E-state index < -0.39 is 0 Å². The van der Waals surface area contributed by atoms with Gasteiger partial charge in [-0.2, -0.15) is 5.10 Å². The molecule has 1 N–H and O–H groups in total. The molecule has 1 atom stereocenters. The summed E-state index contributed by atoms with van der Waals surface area (Å²) in [5.41, 5.74) is 3.00. The molecule has 0 radical (unpaired) electrons. The van der Waals surface area contributed by atoms with Crippen molar-refractivity contribution in [2.45, 2.75) is 31.5 Å². The topological polar surface area (TPSA) is 55.6 Å². The molecule has 0 bridgehead atoms. The number of halogens is 1. The van der Waals surface area contributed by atoms with Gasteiger partial charge in [0.1, 0.15) is 5.82 Å². The molecule has 2 aromatic heterocycles. The van der Waals surface area contributed by atoms with Crippen molar-refractivity contribution in [2.75, 3.05) is 11.1 Å². The van der Waals surface area contributed by atoms with E-state index in [4.69, 9.17) is 21.6 Å². The summed E-state index contributed by atoms with van der Waals surface area (Å²) in [7, 11) is 0. The van der Waals surface area contributed by atoms with Crippen molar-refractivity contribution >= 4 is 45.9 Å². The molecule has 0 aliphatic rings. The fourth-order valence-electron chi connectivity index (χ4n) is 3.21. The van der Waals surface area contributed by atoms with Gasteiger partial charge in [-0.1, -0.05) is 73.6 Å². The third-order valence-corrected chi connectivity index (χ3v) is 5.62. The minimum atomic E-state index is 0.320. The number of fused-ring (bicyclic) bond motifs is 1. The van der Waals surface area contributed by atoms with Crippen LogP contribution in [-0.2, 0) is 6.54 Å². The highest BCUT2D eigenvalue weighted by Gasteiger charge is 2.16. The lowest BCUT2D eigenvalue weighted by Crippen LogP contribution is -2.09. The Balaban J connectivity index is 1.71. The molecule has 29 heavy (non-hydrogen) atoms. The van der Waals surface area contributed by atoms with Crippen molar-refractivity contribution in [3.8, 4) is 0 Å². The van der Waals surface area contributed by atoms with E-state index in [9.17, 15) is 0 Å². The van der Waals surface area contributed by atoms with Gasteiger partial charge in [0, 0.05) is 23.2 Å². The molecule has 2 aromatic carbocycles. The van der Waals surface area contributed by atoms with Gasteiger partial charge in [0.25, 0.3) is 0 Å². The Labute approximate surface area is 179 Å². The van der Waals surface area contributed by atoms with Crippen LogP contribution in [0.2, 0.25) is 5.02 Å². The van der Waals surface area contributed by atoms with E-state index in [-0.39, 0.29) is 0 Å². The molecule has 4 aromatic rings. The maximum absolute atomic E-state index is 6.14. The summed E-state index contributed by atoms with van der Waals surface area (Å²) in [6, 6.07) is 18.1. The second-order valence-corrected chi connectivity index (χ2v) is 8.47. The molecule has 0 saturated heterocycles. The first-order chi connectivity index (χ1) is 14.1. The summed E-state index contributed by atoms with van der Waals surface area (Å²) in [4.78, 5) is 9.49. The number of rotatable bonds is 7. The standard InChI is InChI=1S/C22H22ClN5S/c1-3-29-22-26-20(25-18-11-7-10-17(23)12-18)19-13-24-28(21(19)27-22)14-15(2)16-8-5-4-6-9-16/h4-13,15H,3,14H2,1-2H3,(H,25,26,27). The Bertz CT molecular complexity index is 1110. The van der Waals surface area contributed by atoms with Crippen LogP contribution in [0.1, 0.15) is 25.3 Å². The number of nitrogens with zero attached hydrogens (tertiary/aromatic N) is 4. The zero-order valence-electron chi connectivity index (χ0n) is 16.3. The van der Waals surface area contributed by atoms with Crippen LogP contribution < -0.4 is 5.32 Å². The van der Waals surface area contributed by atoms with Crippen molar-refractivity contribution in [3.63, 3.8) is 0 Å². The summed E-state index contributed by atoms with van der Waals surface area (Å²) in [6.45, 7) is 5.05. The summed E-state index contributed by atoms with van der Waals surface area (Å²) in [5.74, 6) is 1.96. The quantitative estimate of drug-likeness (QED) is 0.286. The summed E-state index contributed by atoms with van der Waals surface area (Å²) in [6.07, 6.45) is 1.83. The first-order valence-corrected chi connectivity index (χ1v) is 10.9. The zero-order chi connectivity index (χ0) is 20.2. The molecular formula is C22H22ClN5S. The van der Waals surface area contributed by atoms with E-state index in [1.54, 1.807) is 11.8 Å². The van der Waals surface area contributed by atoms with Gasteiger partial charge in [-0.15, -0.1) is 0 Å². The van der Waals surface area contributed by atoms with E-state index in [0.29, 0.717) is 10.9 Å². The van der Waals surface area contributed by atoms with Gasteiger partial charge in [-0.3, -0.25) is 0 Å². The number of aromatic nitrogens is 4. The van der Waals surface area contributed by atoms with Gasteiger partial charge in [0.15, 0.2) is 10.8 Å². The molecule has 0 aliphatic carbocycles. The number of anilines is 2. The highest BCUT2D eigenvalue weighted by Crippen LogP contribution is 2.29. The SMILES string of the molecule is CCSc1nc(Nc2cccc(Cl)c2)c2cnn(CC(C)c3ccccc3)c2n1. The van der Waals surface area contributed by atoms with Gasteiger partial charge in [0.2, 0.25) is 0 Å². The van der Waals surface area contributed by atoms with E-state index >= 15 is 0 Å². The Hall–Kier alpha value is -2.57. The van der Waals surface area contributed by atoms with Crippen molar-refractivity contribution in [3.05, 3.63) is 71.4 Å². The van der Waals surface area contributed by atoms with Crippen LogP contribution in [0, 0.1) is 0 Å². The molecule has 2 heterocycles. The molecular weight excluding hydrogens is 402 g/mol. The average molecular weight is 424 g/mol. The molecule has 7 heteroatoms. The molecule has 0 aliphatic heterocycles. The first-order valence-electron chi connectivity index (χ1n) is 9.58. The minimum absolute atomic E-state index is 0.320. The van der Waals surface area contributed by atoms with E-state index in [0.717, 1.165) is 40.0 Å². The van der Waals surface area contributed by atoms with Crippen molar-refractivity contribution in [1.82, 2.24) is 19.7 Å². The lowest BCUT2D eigenvalue weighted by molar-refractivity contribution is 0.553. The lowest BCUT2D eigenvalue weighted by atomic mass is 10.0. The Kier molecular flexibility index (Phi) is 6.02. The lowest BCUT2D eigenvalue weighted by Gasteiger charge is -2.13. The fourth-order valence-corrected chi connectivity index (χ4v) is 3.96. The molecule has 1 unspecified atom stereocenters. The van der Waals surface area contributed by atoms with E-state index in [1.807, 2.05) is 41.2 Å². The molecule has 4 rings (SSSR count). The third kappa shape index (κ3) is 4.54. The van der Waals surface area contributed by atoms with Gasteiger partial charge in [0.05, 0.1) is 11.6 Å². The monoisotopic (exact) mass is 423 g/mol. The Morgan fingerprint density at radius 3 is 2.69 bits per heavy atom. The molecule has 0 spiro atoms. The maximum Gasteiger partial charge on any atom is 0.191 e. The zero-order valence-corrected chi connectivity index (χ0v) is 17.9. The van der Waals surface area contributed by atoms with Crippen LogP contribution in [0.25, 0.3) is 11.0 Å². The van der Waals surface area contributed by atoms with Crippen LogP contribution >= 0.6 is 23.4 Å². The van der Waals surface area contributed by atoms with Crippen molar-refractivity contribution < 1.29 is 0 Å². The summed E-state index contributed by atoms with van der Waals surface area (Å²) >= 11 is 7.75. The number of hydrogen-bond donors (Lipinski definition) is 1. The van der Waals surface area contributed by atoms with Crippen LogP contribution in [-0.4, -0.2) is 25.5 Å². The van der Waals surface area contributed by atoms with Crippen LogP contribution in [0.5, 0.6) is 0 Å². The third-order valence-electron chi connectivity index (χ3n) is 4.65. The largest absolute Gasteiger partial charge is 0.339 e. The maximum atomic E-state index is 6.14. The van der Waals surface area contributed by atoms with Gasteiger partial charge in [-0.25, -0.2) is 14.6 Å². The normalized spacial score (nSPS) is 12.2. The van der Waals surface area contributed by atoms with Gasteiger partial charge >= 0.3 is 0 Å². The average Bonchev–Trinajstić information content (AvgIpc) is 3.12. The predicted molar refractivity (Wildman–Crippen MR) is 121 cm³/mol. The van der Waals surface area contributed by atoms with Crippen LogP contribution in [0.4, 0.5) is 11.5 Å². The number of hydrogen-bond acceptors (Lipinski definition) is 5. The molecule has 148 valence electrons. The molecule has 5 nitrogen and oxygen atoms in total. The molecule has 0 saturated carbocycles. The first kappa shape index (κ1) is 19.7. The molecule has 0 fully saturated rings. The van der Waals surface area contributed by atoms with Gasteiger partial charge in [-0.05, 0) is 29.5 Å². The smallest absolute Gasteiger partial charge is 0.191 e. The second kappa shape index (κ2) is 8.84. The molecule has 0 amide bonds. The highest BCUT2D eigenvalue weighted by atomic mass is 35.5. The number of thioether (sulfide) groups is 1. The van der Waals surface area contributed by atoms with E-state index in [1.165, 1.54) is 5.56 Å². The minimum Gasteiger partial charge on any atom is -0.339 e. The Morgan fingerprint density at radius 2 is 1.93 bits per heavy atom. The van der Waals surface area contributed by atoms with Gasteiger partial charge < -0.3 is 5.32 Å². The number of nitrogens with one attached hydrogen (secondary N) is 1. The highest BCUT2D eigenvalue weighted by molar-refractivity contribution is 7.99. The van der Waals surface area contributed by atoms with Crippen molar-refractivity contribution in [2.24, 2.45) is 0 Å². The fraction of sp³-hybridized carbons (Fsp3) is 0.227. The van der Waals surface area contributed by atoms with E-state index in [2.05, 4.69) is 48.5 Å². The second-order valence-electron chi connectivity index (χ2n) is 6.80. The summed E-state index contributed by atoms with van der Waals surface area (Å²) in [5, 5.41) is 10.3. The number of benzene rings is 2. The van der Waals surface area contributed by atoms with Crippen LogP contribution in [0.3, 0.4) is 0 Å². The van der Waals surface area contributed by atoms with Crippen molar-refractivity contribution in [1.29, 1.82) is 0 Å². The predicted octanol–water partition coefficient (Wildman–Crippen LogP) is 6.14. The summed E-state index contributed by atoms with van der Waals surface area (Å²) < 4.78 is 1.97. The Morgan fingerprint density at radius 1 is 1.10 bits per heavy atom.